The Hall–Kier alpha value is -0.930. The molecule has 0 aliphatic rings. The molecule has 0 saturated carbocycles. The molecule has 0 amide bonds. The van der Waals surface area contributed by atoms with E-state index >= 15 is 0 Å². The van der Waals surface area contributed by atoms with E-state index in [0.717, 1.165) is 0 Å². The predicted molar refractivity (Wildman–Crippen MR) is 56.4 cm³/mol. The summed E-state index contributed by atoms with van der Waals surface area (Å²) < 4.78 is 12.7. The van der Waals surface area contributed by atoms with Gasteiger partial charge in [0.1, 0.15) is 12.1 Å². The maximum absolute atomic E-state index is 12.7. The second-order valence-electron chi connectivity index (χ2n) is 3.78. The topological polar surface area (TPSA) is 37.3 Å². The van der Waals surface area contributed by atoms with Crippen LogP contribution >= 0.6 is 11.6 Å². The molecule has 0 aliphatic carbocycles. The average molecular weight is 231 g/mol. The quantitative estimate of drug-likeness (QED) is 0.807. The number of hydrogen-bond donors (Lipinski definition) is 1. The van der Waals surface area contributed by atoms with Crippen molar-refractivity contribution in [1.82, 2.24) is 0 Å². The molecule has 1 rings (SSSR count). The van der Waals surface area contributed by atoms with E-state index in [2.05, 4.69) is 0 Å². The molecule has 1 N–H and O–H groups in total. The molecule has 2 nitrogen and oxygen atoms in total. The Kier molecular flexibility index (Phi) is 3.83. The Labute approximate surface area is 92.7 Å². The minimum Gasteiger partial charge on any atom is -0.389 e. The fraction of sp³-hybridized carbons (Fsp3) is 0.364. The van der Waals surface area contributed by atoms with Gasteiger partial charge in [-0.05, 0) is 24.6 Å². The van der Waals surface area contributed by atoms with Gasteiger partial charge in [0.15, 0.2) is 0 Å². The monoisotopic (exact) mass is 230 g/mol. The Morgan fingerprint density at radius 1 is 1.60 bits per heavy atom. The molecular weight excluding hydrogens is 219 g/mol. The maximum Gasteiger partial charge on any atom is 0.124 e. The van der Waals surface area contributed by atoms with Crippen LogP contribution in [-0.4, -0.2) is 17.0 Å². The van der Waals surface area contributed by atoms with Crippen LogP contribution in [0, 0.1) is 5.82 Å². The van der Waals surface area contributed by atoms with Gasteiger partial charge in [-0.25, -0.2) is 4.39 Å². The molecule has 15 heavy (non-hydrogen) atoms. The zero-order valence-electron chi connectivity index (χ0n) is 8.34. The van der Waals surface area contributed by atoms with E-state index < -0.39 is 11.4 Å². The van der Waals surface area contributed by atoms with Gasteiger partial charge in [-0.3, -0.25) is 0 Å². The van der Waals surface area contributed by atoms with Crippen LogP contribution < -0.4 is 0 Å². The molecule has 0 spiro atoms. The van der Waals surface area contributed by atoms with Crippen molar-refractivity contribution in [2.45, 2.75) is 25.4 Å². The number of rotatable bonds is 4. The van der Waals surface area contributed by atoms with E-state index in [1.165, 1.54) is 18.2 Å². The summed E-state index contributed by atoms with van der Waals surface area (Å²) >= 11 is 5.80. The van der Waals surface area contributed by atoms with Gasteiger partial charge in [0.2, 0.25) is 0 Å². The van der Waals surface area contributed by atoms with Crippen LogP contribution in [0.2, 0.25) is 5.02 Å². The largest absolute Gasteiger partial charge is 0.389 e. The highest BCUT2D eigenvalue weighted by Crippen LogP contribution is 2.23. The molecule has 1 aromatic carbocycles. The number of benzene rings is 1. The summed E-state index contributed by atoms with van der Waals surface area (Å²) in [5, 5.41) is 10.0. The second-order valence-corrected chi connectivity index (χ2v) is 4.19. The Morgan fingerprint density at radius 3 is 2.80 bits per heavy atom. The molecule has 0 saturated heterocycles. The van der Waals surface area contributed by atoms with Crippen LogP contribution in [0.4, 0.5) is 4.39 Å². The first kappa shape index (κ1) is 12.1. The molecule has 0 heterocycles. The van der Waals surface area contributed by atoms with Gasteiger partial charge < -0.3 is 9.90 Å². The van der Waals surface area contributed by atoms with Crippen molar-refractivity contribution in [3.05, 3.63) is 34.6 Å². The Morgan fingerprint density at radius 2 is 2.27 bits per heavy atom. The van der Waals surface area contributed by atoms with Crippen molar-refractivity contribution in [3.63, 3.8) is 0 Å². The number of hydrogen-bond acceptors (Lipinski definition) is 2. The summed E-state index contributed by atoms with van der Waals surface area (Å²) in [5.74, 6) is -0.418. The fourth-order valence-corrected chi connectivity index (χ4v) is 1.56. The molecule has 82 valence electrons. The SMILES string of the molecule is CC(O)(CC=O)Cc1ccc(F)cc1Cl. The minimum absolute atomic E-state index is 0.0285. The number of aldehydes is 1. The zero-order chi connectivity index (χ0) is 11.5. The summed E-state index contributed by atoms with van der Waals surface area (Å²) in [4.78, 5) is 10.3. The second kappa shape index (κ2) is 4.73. The van der Waals surface area contributed by atoms with Crippen molar-refractivity contribution in [2.24, 2.45) is 0 Å². The first-order valence-electron chi connectivity index (χ1n) is 4.54. The van der Waals surface area contributed by atoms with Crippen molar-refractivity contribution in [3.8, 4) is 0 Å². The fourth-order valence-electron chi connectivity index (χ4n) is 1.33. The van der Waals surface area contributed by atoms with Crippen LogP contribution in [0.1, 0.15) is 18.9 Å². The van der Waals surface area contributed by atoms with Gasteiger partial charge >= 0.3 is 0 Å². The number of aliphatic hydroxyl groups is 1. The number of halogens is 2. The number of carbonyl (C=O) groups excluding carboxylic acids is 1. The summed E-state index contributed by atoms with van der Waals surface area (Å²) in [7, 11) is 0. The highest BCUT2D eigenvalue weighted by atomic mass is 35.5. The normalized spacial score (nSPS) is 14.7. The van der Waals surface area contributed by atoms with Crippen molar-refractivity contribution >= 4 is 17.9 Å². The summed E-state index contributed by atoms with van der Waals surface area (Å²) in [6, 6.07) is 3.98. The van der Waals surface area contributed by atoms with E-state index in [9.17, 15) is 14.3 Å². The van der Waals surface area contributed by atoms with Crippen LogP contribution in [0.3, 0.4) is 0 Å². The lowest BCUT2D eigenvalue weighted by Gasteiger charge is -2.21. The van der Waals surface area contributed by atoms with Crippen molar-refractivity contribution in [2.75, 3.05) is 0 Å². The van der Waals surface area contributed by atoms with Gasteiger partial charge in [-0.15, -0.1) is 0 Å². The highest BCUT2D eigenvalue weighted by Gasteiger charge is 2.21. The van der Waals surface area contributed by atoms with Crippen LogP contribution in [0.15, 0.2) is 18.2 Å². The molecule has 4 heteroatoms. The predicted octanol–water partition coefficient (Wildman–Crippen LogP) is 2.36. The first-order valence-corrected chi connectivity index (χ1v) is 4.92. The van der Waals surface area contributed by atoms with Crippen molar-refractivity contribution in [1.29, 1.82) is 0 Å². The zero-order valence-corrected chi connectivity index (χ0v) is 9.09. The van der Waals surface area contributed by atoms with Crippen LogP contribution in [0.25, 0.3) is 0 Å². The van der Waals surface area contributed by atoms with Gasteiger partial charge in [0, 0.05) is 17.9 Å². The van der Waals surface area contributed by atoms with E-state index in [4.69, 9.17) is 11.6 Å². The molecule has 0 aromatic heterocycles. The van der Waals surface area contributed by atoms with Crippen molar-refractivity contribution < 1.29 is 14.3 Å². The van der Waals surface area contributed by atoms with Gasteiger partial charge in [0.05, 0.1) is 5.60 Å². The van der Waals surface area contributed by atoms with Gasteiger partial charge in [0.25, 0.3) is 0 Å². The average Bonchev–Trinajstić information content (AvgIpc) is 2.09. The summed E-state index contributed by atoms with van der Waals surface area (Å²) in [5.41, 5.74) is -0.506. The van der Waals surface area contributed by atoms with E-state index in [1.54, 1.807) is 6.92 Å². The molecule has 0 bridgehead atoms. The molecule has 1 unspecified atom stereocenters. The third-order valence-electron chi connectivity index (χ3n) is 2.11. The lowest BCUT2D eigenvalue weighted by Crippen LogP contribution is -2.27. The maximum atomic E-state index is 12.7. The third-order valence-corrected chi connectivity index (χ3v) is 2.46. The minimum atomic E-state index is -1.14. The highest BCUT2D eigenvalue weighted by molar-refractivity contribution is 6.31. The van der Waals surface area contributed by atoms with E-state index in [0.29, 0.717) is 11.8 Å². The van der Waals surface area contributed by atoms with Gasteiger partial charge in [-0.1, -0.05) is 17.7 Å². The molecule has 0 radical (unpaired) electrons. The standard InChI is InChI=1S/C11H12ClFO2/c1-11(15,4-5-14)7-8-2-3-9(13)6-10(8)12/h2-3,5-6,15H,4,7H2,1H3. The molecule has 1 aromatic rings. The Bertz CT molecular complexity index is 364. The lowest BCUT2D eigenvalue weighted by atomic mass is 9.94. The Balaban J connectivity index is 2.84. The van der Waals surface area contributed by atoms with E-state index in [-0.39, 0.29) is 17.9 Å². The third kappa shape index (κ3) is 3.61. The molecule has 1 atom stereocenters. The summed E-state index contributed by atoms with van der Waals surface area (Å²) in [6.07, 6.45) is 0.906. The smallest absolute Gasteiger partial charge is 0.124 e. The van der Waals surface area contributed by atoms with Crippen LogP contribution in [0.5, 0.6) is 0 Å². The first-order chi connectivity index (χ1) is 6.94. The number of carbonyl (C=O) groups is 1. The van der Waals surface area contributed by atoms with Crippen LogP contribution in [-0.2, 0) is 11.2 Å². The lowest BCUT2D eigenvalue weighted by molar-refractivity contribution is -0.111. The molecule has 0 aliphatic heterocycles. The summed E-state index contributed by atoms with van der Waals surface area (Å²) in [6.45, 7) is 1.54. The molecule has 0 fully saturated rings. The van der Waals surface area contributed by atoms with E-state index in [1.807, 2.05) is 0 Å². The molecular formula is C11H12ClFO2. The van der Waals surface area contributed by atoms with Gasteiger partial charge in [-0.2, -0.15) is 0 Å².